The number of aryl methyl sites for hydroxylation is 1. The Balaban J connectivity index is 2.28. The van der Waals surface area contributed by atoms with E-state index in [1.54, 1.807) is 17.4 Å². The van der Waals surface area contributed by atoms with Gasteiger partial charge in [0.1, 0.15) is 0 Å². The first kappa shape index (κ1) is 10.6. The van der Waals surface area contributed by atoms with Gasteiger partial charge in [0.15, 0.2) is 0 Å². The Morgan fingerprint density at radius 3 is 3.19 bits per heavy atom. The van der Waals surface area contributed by atoms with Gasteiger partial charge in [-0.25, -0.2) is 5.10 Å². The van der Waals surface area contributed by atoms with Crippen molar-refractivity contribution in [3.63, 3.8) is 0 Å². The maximum absolute atomic E-state index is 11.2. The number of nitrogens with one attached hydrogen (secondary N) is 1. The number of halogens is 1. The molecule has 0 aromatic carbocycles. The van der Waals surface area contributed by atoms with E-state index in [2.05, 4.69) is 32.2 Å². The smallest absolute Gasteiger partial charge is 0.264 e. The maximum Gasteiger partial charge on any atom is 0.264 e. The van der Waals surface area contributed by atoms with Gasteiger partial charge >= 0.3 is 0 Å². The van der Waals surface area contributed by atoms with Crippen molar-refractivity contribution < 1.29 is 0 Å². The van der Waals surface area contributed by atoms with Crippen LogP contribution in [0.25, 0.3) is 11.3 Å². The third kappa shape index (κ3) is 1.74. The zero-order valence-corrected chi connectivity index (χ0v) is 11.3. The second-order valence-corrected chi connectivity index (χ2v) is 7.25. The molecule has 0 atom stereocenters. The molecule has 0 saturated carbocycles. The Morgan fingerprint density at radius 1 is 1.44 bits per heavy atom. The average molecular weight is 315 g/mol. The van der Waals surface area contributed by atoms with Gasteiger partial charge in [0.2, 0.25) is 0 Å². The van der Waals surface area contributed by atoms with Crippen molar-refractivity contribution in [2.45, 2.75) is 10.6 Å². The summed E-state index contributed by atoms with van der Waals surface area (Å²) in [6, 6.07) is 3.73. The van der Waals surface area contributed by atoms with Crippen molar-refractivity contribution in [2.75, 3.05) is 5.75 Å². The number of rotatable bonds is 0. The lowest BCUT2D eigenvalue weighted by Crippen LogP contribution is -2.10. The molecule has 0 fully saturated rings. The number of thioether (sulfide) groups is 1. The van der Waals surface area contributed by atoms with Crippen LogP contribution in [-0.4, -0.2) is 16.0 Å². The Labute approximate surface area is 108 Å². The van der Waals surface area contributed by atoms with Gasteiger partial charge in [0.25, 0.3) is 5.56 Å². The van der Waals surface area contributed by atoms with Crippen LogP contribution in [0.3, 0.4) is 0 Å². The Kier molecular flexibility index (Phi) is 2.65. The lowest BCUT2D eigenvalue weighted by Gasteiger charge is -2.01. The van der Waals surface area contributed by atoms with Gasteiger partial charge < -0.3 is 0 Å². The van der Waals surface area contributed by atoms with E-state index in [0.717, 1.165) is 32.8 Å². The highest BCUT2D eigenvalue weighted by molar-refractivity contribution is 9.11. The fourth-order valence-electron chi connectivity index (χ4n) is 1.74. The maximum atomic E-state index is 11.2. The van der Waals surface area contributed by atoms with E-state index >= 15 is 0 Å². The number of H-pyrrole nitrogens is 1. The van der Waals surface area contributed by atoms with E-state index in [0.29, 0.717) is 0 Å². The van der Waals surface area contributed by atoms with Gasteiger partial charge in [-0.3, -0.25) is 4.79 Å². The highest BCUT2D eigenvalue weighted by Crippen LogP contribution is 2.43. The van der Waals surface area contributed by atoms with Crippen LogP contribution in [-0.2, 0) is 6.42 Å². The quantitative estimate of drug-likeness (QED) is 0.813. The van der Waals surface area contributed by atoms with Crippen molar-refractivity contribution in [3.8, 4) is 11.3 Å². The Bertz CT molecular complexity index is 605. The molecule has 0 bridgehead atoms. The molecule has 3 heterocycles. The second-order valence-electron chi connectivity index (χ2n) is 3.46. The van der Waals surface area contributed by atoms with Crippen LogP contribution in [0.4, 0.5) is 0 Å². The number of hydrogen-bond donors (Lipinski definition) is 1. The largest absolute Gasteiger partial charge is 0.268 e. The minimum Gasteiger partial charge on any atom is -0.268 e. The van der Waals surface area contributed by atoms with Crippen molar-refractivity contribution >= 4 is 39.0 Å². The number of fused-ring (bicyclic) bond motifs is 3. The molecule has 1 aliphatic heterocycles. The predicted molar refractivity (Wildman–Crippen MR) is 70.3 cm³/mol. The molecule has 0 radical (unpaired) electrons. The van der Waals surface area contributed by atoms with Crippen molar-refractivity contribution in [3.05, 3.63) is 31.8 Å². The molecule has 82 valence electrons. The van der Waals surface area contributed by atoms with E-state index in [9.17, 15) is 4.79 Å². The van der Waals surface area contributed by atoms with E-state index in [4.69, 9.17) is 0 Å². The van der Waals surface area contributed by atoms with Crippen LogP contribution in [0, 0.1) is 0 Å². The Hall–Kier alpha value is -0.590. The summed E-state index contributed by atoms with van der Waals surface area (Å²) in [6.07, 6.45) is 0.899. The molecule has 0 spiro atoms. The molecule has 0 saturated heterocycles. The molecule has 3 nitrogen and oxygen atoms in total. The van der Waals surface area contributed by atoms with Gasteiger partial charge in [-0.15, -0.1) is 23.1 Å². The van der Waals surface area contributed by atoms with Crippen molar-refractivity contribution in [1.82, 2.24) is 10.2 Å². The van der Waals surface area contributed by atoms with Gasteiger partial charge in [-0.1, -0.05) is 0 Å². The second kappa shape index (κ2) is 4.01. The van der Waals surface area contributed by atoms with E-state index in [1.165, 1.54) is 4.21 Å². The number of nitrogens with zero attached hydrogens (tertiary/aromatic N) is 1. The van der Waals surface area contributed by atoms with Gasteiger partial charge in [0.05, 0.1) is 13.7 Å². The van der Waals surface area contributed by atoms with Gasteiger partial charge in [0, 0.05) is 17.4 Å². The minimum absolute atomic E-state index is 0.124. The van der Waals surface area contributed by atoms with Crippen LogP contribution in [0.2, 0.25) is 0 Å². The third-order valence-corrected chi connectivity index (χ3v) is 5.34. The summed E-state index contributed by atoms with van der Waals surface area (Å²) in [5, 5.41) is 6.68. The summed E-state index contributed by atoms with van der Waals surface area (Å²) < 4.78 is 2.37. The number of aromatic amines is 1. The molecule has 1 N–H and O–H groups in total. The molecule has 16 heavy (non-hydrogen) atoms. The molecule has 6 heteroatoms. The van der Waals surface area contributed by atoms with Crippen molar-refractivity contribution in [2.24, 2.45) is 0 Å². The topological polar surface area (TPSA) is 45.8 Å². The SMILES string of the molecule is O=c1cc2c(n[nH]1)-c1cc(Br)sc1SCC2. The van der Waals surface area contributed by atoms with Crippen LogP contribution in [0.5, 0.6) is 0 Å². The molecule has 0 aliphatic carbocycles. The monoisotopic (exact) mass is 314 g/mol. The van der Waals surface area contributed by atoms with Crippen LogP contribution >= 0.6 is 39.0 Å². The molecule has 2 aromatic rings. The normalized spacial score (nSPS) is 14.1. The molecular formula is C10H7BrN2OS2. The number of aromatic nitrogens is 2. The standard InChI is InChI=1S/C10H7BrN2OS2/c11-7-4-6-9-5(3-8(14)12-13-9)1-2-15-10(6)16-7/h3-4H,1-2H2,(H,12,14). The van der Waals surface area contributed by atoms with E-state index < -0.39 is 0 Å². The fourth-order valence-corrected chi connectivity index (χ4v) is 4.97. The van der Waals surface area contributed by atoms with Crippen molar-refractivity contribution in [1.29, 1.82) is 0 Å². The molecule has 1 aliphatic rings. The first-order valence-electron chi connectivity index (χ1n) is 4.75. The summed E-state index contributed by atoms with van der Waals surface area (Å²) in [5.41, 5.74) is 2.97. The summed E-state index contributed by atoms with van der Waals surface area (Å²) >= 11 is 7.03. The predicted octanol–water partition coefficient (Wildman–Crippen LogP) is 2.91. The number of hydrogen-bond acceptors (Lipinski definition) is 4. The summed E-state index contributed by atoms with van der Waals surface area (Å²) in [5.74, 6) is 0.998. The Morgan fingerprint density at radius 2 is 2.31 bits per heavy atom. The lowest BCUT2D eigenvalue weighted by atomic mass is 10.1. The summed E-state index contributed by atoms with van der Waals surface area (Å²) in [6.45, 7) is 0. The third-order valence-electron chi connectivity index (χ3n) is 2.41. The number of thiophene rings is 1. The zero-order chi connectivity index (χ0) is 11.1. The highest BCUT2D eigenvalue weighted by atomic mass is 79.9. The summed E-state index contributed by atoms with van der Waals surface area (Å²) in [7, 11) is 0. The first-order valence-corrected chi connectivity index (χ1v) is 7.34. The van der Waals surface area contributed by atoms with Crippen LogP contribution in [0.15, 0.2) is 24.9 Å². The summed E-state index contributed by atoms with van der Waals surface area (Å²) in [4.78, 5) is 11.2. The average Bonchev–Trinajstić information content (AvgIpc) is 2.52. The van der Waals surface area contributed by atoms with E-state index in [1.807, 2.05) is 11.8 Å². The van der Waals surface area contributed by atoms with Gasteiger partial charge in [-0.05, 0) is 34.0 Å². The van der Waals surface area contributed by atoms with Gasteiger partial charge in [-0.2, -0.15) is 5.10 Å². The fraction of sp³-hybridized carbons (Fsp3) is 0.200. The molecular weight excluding hydrogens is 308 g/mol. The molecule has 0 unspecified atom stereocenters. The molecule has 3 rings (SSSR count). The lowest BCUT2D eigenvalue weighted by molar-refractivity contribution is 0.961. The molecule has 2 aromatic heterocycles. The first-order chi connectivity index (χ1) is 7.74. The van der Waals surface area contributed by atoms with Crippen LogP contribution in [0.1, 0.15) is 5.56 Å². The zero-order valence-electron chi connectivity index (χ0n) is 8.12. The highest BCUT2D eigenvalue weighted by Gasteiger charge is 2.19. The minimum atomic E-state index is -0.124. The van der Waals surface area contributed by atoms with E-state index in [-0.39, 0.29) is 5.56 Å². The molecule has 0 amide bonds. The van der Waals surface area contributed by atoms with Crippen LogP contribution < -0.4 is 5.56 Å².